The van der Waals surface area contributed by atoms with Crippen molar-refractivity contribution >= 4 is 12.2 Å². The first kappa shape index (κ1) is 18.8. The molecule has 136 valence electrons. The Morgan fingerprint density at radius 2 is 1.24 bits per heavy atom. The highest BCUT2D eigenvalue weighted by Gasteiger charge is 2.38. The molecule has 2 rings (SSSR count). The van der Waals surface area contributed by atoms with E-state index < -0.39 is 46.9 Å². The number of alkyl halides is 9. The molecule has 25 heavy (non-hydrogen) atoms. The van der Waals surface area contributed by atoms with Crippen molar-refractivity contribution in [1.29, 1.82) is 0 Å². The van der Waals surface area contributed by atoms with Crippen LogP contribution in [0.4, 0.5) is 39.5 Å². The van der Waals surface area contributed by atoms with Crippen molar-refractivity contribution in [1.82, 2.24) is 10.1 Å². The number of hydrogen-bond acceptors (Lipinski definition) is 3. The molecule has 1 heterocycles. The predicted molar refractivity (Wildman–Crippen MR) is 64.7 cm³/mol. The Labute approximate surface area is 132 Å². The monoisotopic (exact) mass is 376 g/mol. The van der Waals surface area contributed by atoms with E-state index in [2.05, 4.69) is 14.7 Å². The third kappa shape index (κ3) is 4.73. The van der Waals surface area contributed by atoms with Gasteiger partial charge in [0.2, 0.25) is 0 Å². The van der Waals surface area contributed by atoms with Gasteiger partial charge in [-0.25, -0.2) is 0 Å². The minimum Gasteiger partial charge on any atom is -0.329 e. The molecule has 0 atom stereocenters. The second-order valence-electron chi connectivity index (χ2n) is 4.63. The van der Waals surface area contributed by atoms with Crippen LogP contribution in [0.3, 0.4) is 0 Å². The van der Waals surface area contributed by atoms with Gasteiger partial charge >= 0.3 is 24.4 Å². The number of halogens is 9. The fraction of sp³-hybridized carbons (Fsp3) is 0.231. The SMILES string of the molecule is FC(F)(F)c1cc(/C=C/c2noc(C(F)(F)F)n2)cc(C(F)(F)F)c1. The van der Waals surface area contributed by atoms with Gasteiger partial charge in [0.15, 0.2) is 5.82 Å². The largest absolute Gasteiger partial charge is 0.471 e. The van der Waals surface area contributed by atoms with Crippen LogP contribution < -0.4 is 0 Å². The summed E-state index contributed by atoms with van der Waals surface area (Å²) in [6, 6.07) is 0.723. The summed E-state index contributed by atoms with van der Waals surface area (Å²) in [4.78, 5) is 2.90. The third-order valence-corrected chi connectivity index (χ3v) is 2.72. The average molecular weight is 376 g/mol. The molecule has 0 fully saturated rings. The van der Waals surface area contributed by atoms with Crippen molar-refractivity contribution in [2.75, 3.05) is 0 Å². The first-order valence-electron chi connectivity index (χ1n) is 6.15. The quantitative estimate of drug-likeness (QED) is 0.668. The maximum absolute atomic E-state index is 12.7. The van der Waals surface area contributed by atoms with E-state index in [1.807, 2.05) is 0 Å². The van der Waals surface area contributed by atoms with Gasteiger partial charge in [-0.05, 0) is 29.8 Å². The number of hydrogen-bond donors (Lipinski definition) is 0. The highest BCUT2D eigenvalue weighted by molar-refractivity contribution is 5.67. The summed E-state index contributed by atoms with van der Waals surface area (Å²) in [5.74, 6) is -2.37. The van der Waals surface area contributed by atoms with Gasteiger partial charge in [0.1, 0.15) is 0 Å². The molecule has 0 aliphatic heterocycles. The van der Waals surface area contributed by atoms with Gasteiger partial charge in [0.05, 0.1) is 11.1 Å². The van der Waals surface area contributed by atoms with Crippen molar-refractivity contribution in [3.05, 3.63) is 46.6 Å². The molecule has 0 saturated heterocycles. The summed E-state index contributed by atoms with van der Waals surface area (Å²) in [7, 11) is 0. The van der Waals surface area contributed by atoms with E-state index in [9.17, 15) is 39.5 Å². The van der Waals surface area contributed by atoms with Crippen LogP contribution in [0.25, 0.3) is 12.2 Å². The van der Waals surface area contributed by atoms with Gasteiger partial charge in [0.25, 0.3) is 0 Å². The van der Waals surface area contributed by atoms with E-state index in [0.717, 1.165) is 0 Å². The van der Waals surface area contributed by atoms with Crippen molar-refractivity contribution < 1.29 is 44.0 Å². The van der Waals surface area contributed by atoms with Crippen LogP contribution in [-0.2, 0) is 18.5 Å². The summed E-state index contributed by atoms with van der Waals surface area (Å²) in [6.07, 6.45) is -13.6. The van der Waals surface area contributed by atoms with Crippen molar-refractivity contribution in [2.45, 2.75) is 18.5 Å². The molecule has 1 aromatic carbocycles. The van der Waals surface area contributed by atoms with Crippen LogP contribution in [-0.4, -0.2) is 10.1 Å². The minimum atomic E-state index is -5.04. The fourth-order valence-corrected chi connectivity index (χ4v) is 1.66. The summed E-state index contributed by atoms with van der Waals surface area (Å²) in [5, 5.41) is 2.90. The molecular weight excluding hydrogens is 371 g/mol. The molecule has 3 nitrogen and oxygen atoms in total. The van der Waals surface area contributed by atoms with Gasteiger partial charge in [-0.3, -0.25) is 0 Å². The molecule has 12 heteroatoms. The zero-order valence-corrected chi connectivity index (χ0v) is 11.6. The molecule has 0 spiro atoms. The minimum absolute atomic E-state index is 0.0759. The molecule has 0 N–H and O–H groups in total. The Hall–Kier alpha value is -2.53. The second kappa shape index (κ2) is 6.08. The van der Waals surface area contributed by atoms with Gasteiger partial charge in [0, 0.05) is 0 Å². The van der Waals surface area contributed by atoms with E-state index in [0.29, 0.717) is 24.3 Å². The standard InChI is InChI=1S/C13H5F9N2O/c14-11(15,16)7-3-6(4-8(5-7)12(17,18)19)1-2-9-23-10(25-24-9)13(20,21)22/h1-5H/b2-1+. The summed E-state index contributed by atoms with van der Waals surface area (Å²) < 4.78 is 117. The highest BCUT2D eigenvalue weighted by atomic mass is 19.4. The normalized spacial score (nSPS) is 13.6. The molecule has 0 amide bonds. The number of rotatable bonds is 2. The van der Waals surface area contributed by atoms with E-state index in [1.165, 1.54) is 0 Å². The van der Waals surface area contributed by atoms with E-state index >= 15 is 0 Å². The topological polar surface area (TPSA) is 38.9 Å². The molecule has 0 radical (unpaired) electrons. The first-order valence-corrected chi connectivity index (χ1v) is 6.15. The third-order valence-electron chi connectivity index (χ3n) is 2.72. The highest BCUT2D eigenvalue weighted by Crippen LogP contribution is 2.36. The van der Waals surface area contributed by atoms with Crippen molar-refractivity contribution in [3.8, 4) is 0 Å². The Balaban J connectivity index is 2.40. The summed E-state index contributed by atoms with van der Waals surface area (Å²) in [5.41, 5.74) is -3.68. The Kier molecular flexibility index (Phi) is 4.57. The van der Waals surface area contributed by atoms with Crippen LogP contribution in [0, 0.1) is 0 Å². The van der Waals surface area contributed by atoms with Crippen LogP contribution in [0.1, 0.15) is 28.4 Å². The Morgan fingerprint density at radius 1 is 0.720 bits per heavy atom. The van der Waals surface area contributed by atoms with Crippen molar-refractivity contribution in [2.24, 2.45) is 0 Å². The van der Waals surface area contributed by atoms with E-state index in [4.69, 9.17) is 0 Å². The first-order chi connectivity index (χ1) is 11.3. The van der Waals surface area contributed by atoms with Crippen LogP contribution in [0.2, 0.25) is 0 Å². The number of aromatic nitrogens is 2. The van der Waals surface area contributed by atoms with Crippen LogP contribution in [0.15, 0.2) is 22.7 Å². The van der Waals surface area contributed by atoms with Gasteiger partial charge < -0.3 is 4.52 Å². The zero-order chi connectivity index (χ0) is 19.0. The van der Waals surface area contributed by atoms with Gasteiger partial charge in [-0.15, -0.1) is 0 Å². The summed E-state index contributed by atoms with van der Waals surface area (Å²) >= 11 is 0. The fourth-order valence-electron chi connectivity index (χ4n) is 1.66. The molecule has 0 aliphatic rings. The van der Waals surface area contributed by atoms with Crippen molar-refractivity contribution in [3.63, 3.8) is 0 Å². The van der Waals surface area contributed by atoms with E-state index in [1.54, 1.807) is 0 Å². The van der Waals surface area contributed by atoms with Crippen LogP contribution >= 0.6 is 0 Å². The molecule has 0 unspecified atom stereocenters. The van der Waals surface area contributed by atoms with E-state index in [-0.39, 0.29) is 6.07 Å². The predicted octanol–water partition coefficient (Wildman–Crippen LogP) is 5.30. The lowest BCUT2D eigenvalue weighted by molar-refractivity contribution is -0.159. The number of nitrogens with zero attached hydrogens (tertiary/aromatic N) is 2. The molecule has 1 aromatic heterocycles. The second-order valence-corrected chi connectivity index (χ2v) is 4.63. The lowest BCUT2D eigenvalue weighted by Gasteiger charge is -2.12. The van der Waals surface area contributed by atoms with Gasteiger partial charge in [-0.1, -0.05) is 11.2 Å². The zero-order valence-electron chi connectivity index (χ0n) is 11.6. The molecule has 0 saturated carbocycles. The average Bonchev–Trinajstić information content (AvgIpc) is 2.92. The summed E-state index contributed by atoms with van der Waals surface area (Å²) in [6.45, 7) is 0. The Morgan fingerprint density at radius 3 is 1.64 bits per heavy atom. The lowest BCUT2D eigenvalue weighted by atomic mass is 10.0. The smallest absolute Gasteiger partial charge is 0.329 e. The van der Waals surface area contributed by atoms with Crippen LogP contribution in [0.5, 0.6) is 0 Å². The maximum atomic E-state index is 12.7. The number of benzene rings is 1. The molecule has 2 aromatic rings. The van der Waals surface area contributed by atoms with Gasteiger partial charge in [-0.2, -0.15) is 44.5 Å². The lowest BCUT2D eigenvalue weighted by Crippen LogP contribution is -2.11. The molecule has 0 bridgehead atoms. The maximum Gasteiger partial charge on any atom is 0.471 e. The molecule has 0 aliphatic carbocycles. The molecular formula is C13H5F9N2O. The Bertz CT molecular complexity index is 752.